The molecule has 2 aromatic rings. The molecule has 0 unspecified atom stereocenters. The molecule has 3 heteroatoms. The molecule has 1 fully saturated rings. The van der Waals surface area contributed by atoms with Crippen molar-refractivity contribution in [3.8, 4) is 11.3 Å². The molecule has 137 valence electrons. The third-order valence-electron chi connectivity index (χ3n) is 5.12. The Bertz CT molecular complexity index is 776. The van der Waals surface area contributed by atoms with E-state index in [1.807, 2.05) is 6.07 Å². The summed E-state index contributed by atoms with van der Waals surface area (Å²) in [4.78, 5) is 4.72. The third kappa shape index (κ3) is 5.36. The molecule has 0 spiro atoms. The quantitative estimate of drug-likeness (QED) is 0.374. The van der Waals surface area contributed by atoms with E-state index in [0.717, 1.165) is 23.6 Å². The predicted molar refractivity (Wildman–Crippen MR) is 107 cm³/mol. The zero-order valence-corrected chi connectivity index (χ0v) is 18.9. The van der Waals surface area contributed by atoms with Crippen LogP contribution in [0.3, 0.4) is 0 Å². The summed E-state index contributed by atoms with van der Waals surface area (Å²) in [7, 11) is -1.47. The molecule has 1 heterocycles. The Balaban J connectivity index is 0.00000280. The molecule has 0 aliphatic heterocycles. The van der Waals surface area contributed by atoms with E-state index >= 15 is 0 Å². The summed E-state index contributed by atoms with van der Waals surface area (Å²) >= 11 is 0. The summed E-state index contributed by atoms with van der Waals surface area (Å²) in [5, 5.41) is 1.45. The van der Waals surface area contributed by atoms with Crippen LogP contribution in [0.5, 0.6) is 0 Å². The first kappa shape index (κ1) is 16.4. The topological polar surface area (TPSA) is 12.9 Å². The number of benzene rings is 1. The summed E-state index contributed by atoms with van der Waals surface area (Å²) in [6, 6.07) is 10.5. The van der Waals surface area contributed by atoms with Gasteiger partial charge in [0.2, 0.25) is 0 Å². The van der Waals surface area contributed by atoms with Gasteiger partial charge in [-0.1, -0.05) is 70.2 Å². The van der Waals surface area contributed by atoms with Crippen molar-refractivity contribution in [1.82, 2.24) is 4.98 Å². The van der Waals surface area contributed by atoms with Crippen LogP contribution >= 0.6 is 0 Å². The number of rotatable bonds is 4. The minimum Gasteiger partial charge on any atom is -0.305 e. The van der Waals surface area contributed by atoms with E-state index in [1.165, 1.54) is 42.9 Å². The van der Waals surface area contributed by atoms with E-state index in [0.29, 0.717) is 5.56 Å². The van der Waals surface area contributed by atoms with Gasteiger partial charge in [0.25, 0.3) is 0 Å². The summed E-state index contributed by atoms with van der Waals surface area (Å²) in [6.07, 6.45) is 9.98. The van der Waals surface area contributed by atoms with E-state index in [4.69, 9.17) is 9.10 Å². The zero-order valence-electron chi connectivity index (χ0n) is 18.5. The van der Waals surface area contributed by atoms with Crippen molar-refractivity contribution in [3.63, 3.8) is 0 Å². The van der Waals surface area contributed by atoms with Crippen LogP contribution in [0.15, 0.2) is 30.5 Å². The average Bonchev–Trinajstić information content (AvgIpc) is 2.61. The summed E-state index contributed by atoms with van der Waals surface area (Å²) in [5.41, 5.74) is 3.54. The van der Waals surface area contributed by atoms with Gasteiger partial charge in [0.1, 0.15) is 0 Å². The molecule has 0 bridgehead atoms. The first-order valence-corrected chi connectivity index (χ1v) is 12.7. The molecular weight excluding hydrogens is 499 g/mol. The van der Waals surface area contributed by atoms with Crippen LogP contribution in [0.2, 0.25) is 19.6 Å². The van der Waals surface area contributed by atoms with Crippen molar-refractivity contribution in [2.75, 3.05) is 0 Å². The van der Waals surface area contributed by atoms with E-state index in [2.05, 4.69) is 38.0 Å². The van der Waals surface area contributed by atoms with Crippen molar-refractivity contribution in [2.24, 2.45) is 5.92 Å². The standard InChI is InChI=1S/C22H30NSi.Ir/c1-17-10-12-19(13-11-17)21-15-20(14-18-8-6-5-7-9-18)22(16-23-21)24(2,3)4;/h10-12,15-16,18H,5-9,14H2,1-4H3;/q-1;/i1D3;. The molecule has 1 saturated carbocycles. The van der Waals surface area contributed by atoms with Gasteiger partial charge < -0.3 is 4.98 Å². The van der Waals surface area contributed by atoms with Crippen LogP contribution in [0, 0.1) is 18.8 Å². The van der Waals surface area contributed by atoms with Gasteiger partial charge in [-0.15, -0.1) is 35.4 Å². The fourth-order valence-electron chi connectivity index (χ4n) is 3.77. The first-order valence-electron chi connectivity index (χ1n) is 10.7. The molecule has 1 radical (unpaired) electrons. The maximum absolute atomic E-state index is 7.52. The van der Waals surface area contributed by atoms with Crippen molar-refractivity contribution in [1.29, 1.82) is 0 Å². The van der Waals surface area contributed by atoms with Crippen molar-refractivity contribution < 1.29 is 24.2 Å². The number of hydrogen-bond donors (Lipinski definition) is 0. The second-order valence-electron chi connectivity index (χ2n) is 8.18. The average molecular weight is 532 g/mol. The van der Waals surface area contributed by atoms with Gasteiger partial charge >= 0.3 is 0 Å². The monoisotopic (exact) mass is 532 g/mol. The van der Waals surface area contributed by atoms with Gasteiger partial charge in [-0.3, -0.25) is 0 Å². The summed E-state index contributed by atoms with van der Waals surface area (Å²) in [6.45, 7) is 5.05. The summed E-state index contributed by atoms with van der Waals surface area (Å²) in [5.74, 6) is 0.783. The van der Waals surface area contributed by atoms with Crippen LogP contribution < -0.4 is 5.19 Å². The van der Waals surface area contributed by atoms with Crippen LogP contribution in [-0.4, -0.2) is 13.1 Å². The Hall–Kier alpha value is -0.764. The second kappa shape index (κ2) is 8.75. The van der Waals surface area contributed by atoms with Crippen LogP contribution in [0.1, 0.15) is 47.3 Å². The van der Waals surface area contributed by atoms with Gasteiger partial charge in [-0.25, -0.2) is 0 Å². The van der Waals surface area contributed by atoms with Gasteiger partial charge in [-0.2, -0.15) is 0 Å². The summed E-state index contributed by atoms with van der Waals surface area (Å²) < 4.78 is 22.6. The van der Waals surface area contributed by atoms with Crippen LogP contribution in [0.25, 0.3) is 11.3 Å². The Kier molecular flexibility index (Phi) is 5.74. The molecule has 3 rings (SSSR count). The van der Waals surface area contributed by atoms with Gasteiger partial charge in [0.05, 0.1) is 8.07 Å². The fraction of sp³-hybridized carbons (Fsp3) is 0.500. The number of nitrogens with zero attached hydrogens (tertiary/aromatic N) is 1. The van der Waals surface area contributed by atoms with Crippen molar-refractivity contribution in [3.05, 3.63) is 47.7 Å². The normalized spacial score (nSPS) is 18.0. The van der Waals surface area contributed by atoms with Crippen molar-refractivity contribution >= 4 is 13.3 Å². The molecule has 0 saturated heterocycles. The molecule has 1 nitrogen and oxygen atoms in total. The minimum atomic E-state index is -2.09. The van der Waals surface area contributed by atoms with Crippen LogP contribution in [0.4, 0.5) is 0 Å². The maximum atomic E-state index is 7.52. The molecule has 1 aliphatic carbocycles. The van der Waals surface area contributed by atoms with Crippen LogP contribution in [-0.2, 0) is 26.5 Å². The second-order valence-corrected chi connectivity index (χ2v) is 13.2. The van der Waals surface area contributed by atoms with E-state index < -0.39 is 14.9 Å². The largest absolute Gasteiger partial charge is 0.305 e. The van der Waals surface area contributed by atoms with Gasteiger partial charge in [0, 0.05) is 30.4 Å². The van der Waals surface area contributed by atoms with E-state index in [1.54, 1.807) is 12.1 Å². The van der Waals surface area contributed by atoms with E-state index in [9.17, 15) is 0 Å². The maximum Gasteiger partial charge on any atom is 0.0798 e. The molecule has 0 N–H and O–H groups in total. The molecule has 1 aliphatic rings. The minimum absolute atomic E-state index is 0. The van der Waals surface area contributed by atoms with Gasteiger partial charge in [0.15, 0.2) is 0 Å². The molecule has 1 aromatic heterocycles. The third-order valence-corrected chi connectivity index (χ3v) is 7.19. The number of aryl methyl sites for hydroxylation is 1. The number of hydrogen-bond acceptors (Lipinski definition) is 1. The molecular formula is C22H30IrNSi-. The Morgan fingerprint density at radius 1 is 1.20 bits per heavy atom. The molecule has 0 amide bonds. The number of aromatic nitrogens is 1. The Morgan fingerprint density at radius 3 is 2.56 bits per heavy atom. The Labute approximate surface area is 172 Å². The molecule has 0 atom stereocenters. The van der Waals surface area contributed by atoms with Gasteiger partial charge in [-0.05, 0) is 23.2 Å². The Morgan fingerprint density at radius 2 is 1.96 bits per heavy atom. The molecule has 1 aromatic carbocycles. The fourth-order valence-corrected chi connectivity index (χ4v) is 5.36. The number of pyridine rings is 1. The predicted octanol–water partition coefficient (Wildman–Crippen LogP) is 5.52. The van der Waals surface area contributed by atoms with Crippen molar-refractivity contribution in [2.45, 2.75) is 65.0 Å². The first-order chi connectivity index (χ1) is 12.6. The SMILES string of the molecule is [2H]C([2H])([2H])c1c[c-]c(-c2cc(CC3CCCCC3)c([Si](C)(C)C)cn2)cc1.[Ir]. The molecule has 25 heavy (non-hydrogen) atoms. The zero-order chi connectivity index (χ0) is 19.7. The smallest absolute Gasteiger partial charge is 0.0798 e. The van der Waals surface area contributed by atoms with E-state index in [-0.39, 0.29) is 20.1 Å².